The van der Waals surface area contributed by atoms with E-state index in [-0.39, 0.29) is 5.57 Å². The van der Waals surface area contributed by atoms with Crippen LogP contribution in [0.15, 0.2) is 30.3 Å². The first kappa shape index (κ1) is 15.7. The number of nitrogens with one attached hydrogen (secondary N) is 1. The Hall–Kier alpha value is -2.86. The van der Waals surface area contributed by atoms with Crippen molar-refractivity contribution in [2.45, 2.75) is 25.9 Å². The molecule has 2 heterocycles. The molecule has 0 fully saturated rings. The largest absolute Gasteiger partial charge is 0.478 e. The van der Waals surface area contributed by atoms with Gasteiger partial charge in [-0.3, -0.25) is 0 Å². The van der Waals surface area contributed by atoms with E-state index in [2.05, 4.69) is 16.0 Å². The van der Waals surface area contributed by atoms with Crippen molar-refractivity contribution in [2.24, 2.45) is 0 Å². The number of nitrogens with zero attached hydrogens (tertiary/aromatic N) is 1. The van der Waals surface area contributed by atoms with Crippen LogP contribution in [0.4, 0.5) is 0 Å². The zero-order chi connectivity index (χ0) is 17.6. The minimum absolute atomic E-state index is 0.179. The molecule has 0 saturated heterocycles. The lowest BCUT2D eigenvalue weighted by Gasteiger charge is -2.25. The monoisotopic (exact) mass is 338 g/mol. The fourth-order valence-corrected chi connectivity index (χ4v) is 3.92. The summed E-state index contributed by atoms with van der Waals surface area (Å²) in [6.07, 6.45) is 2.53. The van der Waals surface area contributed by atoms with Gasteiger partial charge in [-0.15, -0.1) is 0 Å². The number of hydrogen-bond acceptors (Lipinski definition) is 3. The second-order valence-corrected chi connectivity index (χ2v) is 6.38. The number of aromatic nitrogens is 1. The van der Waals surface area contributed by atoms with Gasteiger partial charge < -0.3 is 20.1 Å². The lowest BCUT2D eigenvalue weighted by atomic mass is 9.84. The van der Waals surface area contributed by atoms with E-state index in [0.717, 1.165) is 55.4 Å². The van der Waals surface area contributed by atoms with Gasteiger partial charge in [0.05, 0.1) is 11.3 Å². The van der Waals surface area contributed by atoms with Gasteiger partial charge in [-0.2, -0.15) is 0 Å². The van der Waals surface area contributed by atoms with Crippen LogP contribution in [0.2, 0.25) is 0 Å². The normalized spacial score (nSPS) is 15.9. The SMILES string of the molecule is O=C(O)C=C(C(=O)O)c1cccc2c1-c1c(cc3n1CCNC3)CC2. The van der Waals surface area contributed by atoms with Crippen LogP contribution in [0.1, 0.15) is 22.4 Å². The number of rotatable bonds is 3. The molecule has 1 aliphatic carbocycles. The standard InChI is InChI=1S/C19H18N2O4/c22-16(23)9-15(19(24)25)14-3-1-2-11-4-5-12-8-13-10-20-6-7-21(13)18(12)17(11)14/h1-3,8-9,20H,4-7,10H2,(H,22,23)(H,24,25). The third-order valence-corrected chi connectivity index (χ3v) is 4.92. The quantitative estimate of drug-likeness (QED) is 0.744. The summed E-state index contributed by atoms with van der Waals surface area (Å²) in [6.45, 7) is 2.48. The van der Waals surface area contributed by atoms with Crippen LogP contribution in [-0.4, -0.2) is 33.3 Å². The number of fused-ring (bicyclic) bond motifs is 5. The van der Waals surface area contributed by atoms with Crippen molar-refractivity contribution in [3.63, 3.8) is 0 Å². The van der Waals surface area contributed by atoms with Crippen LogP contribution < -0.4 is 5.32 Å². The number of hydrogen-bond donors (Lipinski definition) is 3. The van der Waals surface area contributed by atoms with Crippen molar-refractivity contribution in [1.82, 2.24) is 9.88 Å². The van der Waals surface area contributed by atoms with Gasteiger partial charge in [0.25, 0.3) is 0 Å². The highest BCUT2D eigenvalue weighted by Crippen LogP contribution is 2.41. The van der Waals surface area contributed by atoms with Crippen LogP contribution in [0.5, 0.6) is 0 Å². The number of benzene rings is 1. The number of carboxylic acids is 2. The Labute approximate surface area is 144 Å². The minimum atomic E-state index is -1.26. The van der Waals surface area contributed by atoms with Crippen molar-refractivity contribution < 1.29 is 19.8 Å². The van der Waals surface area contributed by atoms with E-state index in [1.807, 2.05) is 6.07 Å². The summed E-state index contributed by atoms with van der Waals surface area (Å²) in [5.74, 6) is -2.48. The Morgan fingerprint density at radius 2 is 1.96 bits per heavy atom. The highest BCUT2D eigenvalue weighted by atomic mass is 16.4. The Morgan fingerprint density at radius 3 is 2.72 bits per heavy atom. The minimum Gasteiger partial charge on any atom is -0.478 e. The van der Waals surface area contributed by atoms with E-state index in [1.54, 1.807) is 12.1 Å². The average Bonchev–Trinajstić information content (AvgIpc) is 2.97. The number of carboxylic acid groups (broad SMARTS) is 2. The first-order chi connectivity index (χ1) is 12.1. The summed E-state index contributed by atoms with van der Waals surface area (Å²) >= 11 is 0. The van der Waals surface area contributed by atoms with Gasteiger partial charge in [-0.1, -0.05) is 18.2 Å². The van der Waals surface area contributed by atoms with E-state index in [1.165, 1.54) is 11.3 Å². The second kappa shape index (κ2) is 5.89. The summed E-state index contributed by atoms with van der Waals surface area (Å²) in [4.78, 5) is 22.8. The van der Waals surface area contributed by atoms with Crippen molar-refractivity contribution >= 4 is 17.5 Å². The first-order valence-electron chi connectivity index (χ1n) is 8.29. The van der Waals surface area contributed by atoms with Crippen LogP contribution in [-0.2, 0) is 35.5 Å². The highest BCUT2D eigenvalue weighted by Gasteiger charge is 2.28. The topological polar surface area (TPSA) is 91.6 Å². The molecule has 25 heavy (non-hydrogen) atoms. The maximum atomic E-state index is 11.7. The third-order valence-electron chi connectivity index (χ3n) is 4.92. The third kappa shape index (κ3) is 2.55. The van der Waals surface area contributed by atoms with Gasteiger partial charge in [-0.05, 0) is 35.6 Å². The maximum Gasteiger partial charge on any atom is 0.336 e. The molecule has 0 saturated carbocycles. The lowest BCUT2D eigenvalue weighted by Crippen LogP contribution is -2.28. The molecule has 2 aliphatic rings. The Balaban J connectivity index is 1.99. The Morgan fingerprint density at radius 1 is 1.16 bits per heavy atom. The lowest BCUT2D eigenvalue weighted by molar-refractivity contribution is -0.133. The van der Waals surface area contributed by atoms with Crippen LogP contribution >= 0.6 is 0 Å². The fourth-order valence-electron chi connectivity index (χ4n) is 3.92. The van der Waals surface area contributed by atoms with E-state index in [9.17, 15) is 14.7 Å². The predicted molar refractivity (Wildman–Crippen MR) is 92.2 cm³/mol. The molecular weight excluding hydrogens is 320 g/mol. The van der Waals surface area contributed by atoms with Crippen molar-refractivity contribution in [1.29, 1.82) is 0 Å². The Kier molecular flexibility index (Phi) is 3.69. The maximum absolute atomic E-state index is 11.7. The molecule has 0 unspecified atom stereocenters. The molecule has 1 aliphatic heterocycles. The molecule has 4 rings (SSSR count). The van der Waals surface area contributed by atoms with Gasteiger partial charge >= 0.3 is 11.9 Å². The molecule has 6 heteroatoms. The van der Waals surface area contributed by atoms with Gasteiger partial charge in [0, 0.05) is 37.0 Å². The zero-order valence-corrected chi connectivity index (χ0v) is 13.6. The molecule has 0 spiro atoms. The van der Waals surface area contributed by atoms with Crippen molar-refractivity contribution in [3.8, 4) is 11.3 Å². The summed E-state index contributed by atoms with van der Waals surface area (Å²) in [5.41, 5.74) is 5.69. The Bertz CT molecular complexity index is 924. The molecule has 1 aromatic heterocycles. The zero-order valence-electron chi connectivity index (χ0n) is 13.6. The summed E-state index contributed by atoms with van der Waals surface area (Å²) in [6, 6.07) is 7.70. The average molecular weight is 338 g/mol. The van der Waals surface area contributed by atoms with E-state index < -0.39 is 11.9 Å². The summed E-state index contributed by atoms with van der Waals surface area (Å²) in [7, 11) is 0. The number of aryl methyl sites for hydroxylation is 2. The highest BCUT2D eigenvalue weighted by molar-refractivity contribution is 6.21. The van der Waals surface area contributed by atoms with Crippen LogP contribution in [0, 0.1) is 0 Å². The molecule has 0 bridgehead atoms. The number of aliphatic carboxylic acids is 2. The smallest absolute Gasteiger partial charge is 0.336 e. The van der Waals surface area contributed by atoms with Crippen molar-refractivity contribution in [2.75, 3.05) is 6.54 Å². The fraction of sp³-hybridized carbons (Fsp3) is 0.263. The van der Waals surface area contributed by atoms with Crippen LogP contribution in [0.25, 0.3) is 16.8 Å². The van der Waals surface area contributed by atoms with Crippen molar-refractivity contribution in [3.05, 3.63) is 52.7 Å². The number of carbonyl (C=O) groups is 2. The molecule has 128 valence electrons. The van der Waals surface area contributed by atoms with Gasteiger partial charge in [0.15, 0.2) is 0 Å². The second-order valence-electron chi connectivity index (χ2n) is 6.38. The molecular formula is C19H18N2O4. The van der Waals surface area contributed by atoms with Gasteiger partial charge in [0.2, 0.25) is 0 Å². The molecule has 0 amide bonds. The van der Waals surface area contributed by atoms with Gasteiger partial charge in [-0.25, -0.2) is 9.59 Å². The molecule has 3 N–H and O–H groups in total. The molecule has 1 aromatic carbocycles. The van der Waals surface area contributed by atoms with E-state index in [0.29, 0.717) is 5.56 Å². The predicted octanol–water partition coefficient (Wildman–Crippen LogP) is 1.91. The van der Waals surface area contributed by atoms with E-state index in [4.69, 9.17) is 5.11 Å². The molecule has 6 nitrogen and oxygen atoms in total. The van der Waals surface area contributed by atoms with Crippen LogP contribution in [0.3, 0.4) is 0 Å². The first-order valence-corrected chi connectivity index (χ1v) is 8.29. The molecule has 0 atom stereocenters. The summed E-state index contributed by atoms with van der Waals surface area (Å²) in [5, 5.41) is 22.0. The molecule has 0 radical (unpaired) electrons. The van der Waals surface area contributed by atoms with Gasteiger partial charge in [0.1, 0.15) is 0 Å². The molecule has 2 aromatic rings. The summed E-state index contributed by atoms with van der Waals surface area (Å²) < 4.78 is 2.24. The van der Waals surface area contributed by atoms with E-state index >= 15 is 0 Å².